The number of nitrogens with zero attached hydrogens (tertiary/aromatic N) is 2. The van der Waals surface area contributed by atoms with E-state index in [1.165, 1.54) is 0 Å². The van der Waals surface area contributed by atoms with Crippen LogP contribution in [0, 0.1) is 6.92 Å². The molecule has 0 amide bonds. The summed E-state index contributed by atoms with van der Waals surface area (Å²) in [5.41, 5.74) is 3.40. The quantitative estimate of drug-likeness (QED) is 0.228. The Bertz CT molecular complexity index is 1370. The molecule has 5 rings (SSSR count). The molecule has 1 aromatic carbocycles. The first-order valence-electron chi connectivity index (χ1n) is 11.6. The van der Waals surface area contributed by atoms with Gasteiger partial charge in [-0.25, -0.2) is 4.98 Å². The molecule has 0 aliphatic carbocycles. The predicted octanol–water partition coefficient (Wildman–Crippen LogP) is 4.33. The maximum Gasteiger partial charge on any atom is 0.309 e. The number of aliphatic hydroxyl groups is 1. The molecule has 34 heavy (non-hydrogen) atoms. The van der Waals surface area contributed by atoms with E-state index in [2.05, 4.69) is 15.9 Å². The summed E-state index contributed by atoms with van der Waals surface area (Å²) in [5.74, 6) is 0.303. The summed E-state index contributed by atoms with van der Waals surface area (Å²) in [6, 6.07) is 7.71. The fourth-order valence-electron chi connectivity index (χ4n) is 4.93. The molecule has 3 aromatic rings. The molecule has 4 heterocycles. The van der Waals surface area contributed by atoms with Crippen LogP contribution in [0.5, 0.6) is 5.75 Å². The number of carbonyl (C=O) groups is 1. The Balaban J connectivity index is 1.61. The third-order valence-corrected chi connectivity index (χ3v) is 7.56. The molecule has 2 aliphatic heterocycles. The van der Waals surface area contributed by atoms with E-state index in [1.54, 1.807) is 11.5 Å². The maximum atomic E-state index is 13.5. The lowest BCUT2D eigenvalue weighted by atomic mass is 9.85. The topological polar surface area (TPSA) is 90.7 Å². The molecular weight excluding hydrogens is 500 g/mol. The van der Waals surface area contributed by atoms with Crippen LogP contribution < -0.4 is 10.3 Å². The SMILES string of the molecule is CCC1(O)CC(=O)OCc2c1cc1n(c2=O)Cc2c-1nc1ccc(OCCCCBr)cc1c2C. The van der Waals surface area contributed by atoms with Gasteiger partial charge >= 0.3 is 5.97 Å². The molecule has 0 saturated carbocycles. The molecule has 1 unspecified atom stereocenters. The van der Waals surface area contributed by atoms with Crippen molar-refractivity contribution >= 4 is 32.8 Å². The number of alkyl halides is 1. The largest absolute Gasteiger partial charge is 0.494 e. The minimum Gasteiger partial charge on any atom is -0.494 e. The van der Waals surface area contributed by atoms with E-state index in [4.69, 9.17) is 14.5 Å². The standard InChI is InChI=1S/C26H27BrN2O5/c1-3-26(32)12-23(30)34-14-19-20(26)11-22-24-18(13-29(22)25(19)31)15(2)17-10-16(6-7-21(17)28-24)33-9-5-4-8-27/h6-7,10-11,32H,3-5,8-9,12-14H2,1-2H3. The lowest BCUT2D eigenvalue weighted by molar-refractivity contribution is -0.149. The number of hydrogen-bond donors (Lipinski definition) is 1. The van der Waals surface area contributed by atoms with Gasteiger partial charge in [-0.1, -0.05) is 22.9 Å². The molecule has 2 aliphatic rings. The van der Waals surface area contributed by atoms with E-state index >= 15 is 0 Å². The number of aromatic nitrogens is 2. The van der Waals surface area contributed by atoms with Crippen LogP contribution in [0.2, 0.25) is 0 Å². The summed E-state index contributed by atoms with van der Waals surface area (Å²) in [5, 5.41) is 13.2. The molecule has 2 aromatic heterocycles. The van der Waals surface area contributed by atoms with Crippen LogP contribution >= 0.6 is 15.9 Å². The summed E-state index contributed by atoms with van der Waals surface area (Å²) in [6.07, 6.45) is 2.17. The second-order valence-electron chi connectivity index (χ2n) is 9.02. The molecule has 1 N–H and O–H groups in total. The zero-order valence-corrected chi connectivity index (χ0v) is 20.9. The molecule has 0 spiro atoms. The summed E-state index contributed by atoms with van der Waals surface area (Å²) < 4.78 is 12.8. The van der Waals surface area contributed by atoms with Gasteiger partial charge in [0.1, 0.15) is 18.0 Å². The number of hydrogen-bond acceptors (Lipinski definition) is 6. The van der Waals surface area contributed by atoms with Gasteiger partial charge < -0.3 is 19.1 Å². The molecular formula is C26H27BrN2O5. The third-order valence-electron chi connectivity index (χ3n) is 7.00. The molecule has 178 valence electrons. The van der Waals surface area contributed by atoms with Crippen molar-refractivity contribution in [2.45, 2.75) is 58.3 Å². The van der Waals surface area contributed by atoms with Crippen molar-refractivity contribution in [1.82, 2.24) is 9.55 Å². The van der Waals surface area contributed by atoms with Gasteiger partial charge in [0.2, 0.25) is 0 Å². The van der Waals surface area contributed by atoms with Crippen LogP contribution in [0.4, 0.5) is 0 Å². The molecule has 0 bridgehead atoms. The van der Waals surface area contributed by atoms with Crippen LogP contribution in [0.1, 0.15) is 54.9 Å². The number of ether oxygens (including phenoxy) is 2. The Morgan fingerprint density at radius 3 is 2.82 bits per heavy atom. The molecule has 0 radical (unpaired) electrons. The van der Waals surface area contributed by atoms with Gasteiger partial charge in [-0.15, -0.1) is 0 Å². The molecule has 7 nitrogen and oxygen atoms in total. The summed E-state index contributed by atoms with van der Waals surface area (Å²) in [6.45, 7) is 4.77. The highest BCUT2D eigenvalue weighted by Gasteiger charge is 2.39. The van der Waals surface area contributed by atoms with E-state index in [0.29, 0.717) is 36.4 Å². The lowest BCUT2D eigenvalue weighted by Crippen LogP contribution is -2.32. The van der Waals surface area contributed by atoms with E-state index in [-0.39, 0.29) is 18.6 Å². The normalized spacial score (nSPS) is 18.8. The van der Waals surface area contributed by atoms with Gasteiger partial charge in [0.25, 0.3) is 5.56 Å². The van der Waals surface area contributed by atoms with Crippen LogP contribution in [0.15, 0.2) is 29.1 Å². The monoisotopic (exact) mass is 526 g/mol. The molecule has 0 fully saturated rings. The van der Waals surface area contributed by atoms with E-state index in [9.17, 15) is 14.7 Å². The van der Waals surface area contributed by atoms with Crippen molar-refractivity contribution in [2.75, 3.05) is 11.9 Å². The lowest BCUT2D eigenvalue weighted by Gasteiger charge is -2.26. The number of rotatable bonds is 6. The number of benzene rings is 1. The zero-order valence-electron chi connectivity index (χ0n) is 19.3. The van der Waals surface area contributed by atoms with Crippen molar-refractivity contribution < 1.29 is 19.4 Å². The second kappa shape index (κ2) is 8.82. The molecule has 8 heteroatoms. The highest BCUT2D eigenvalue weighted by molar-refractivity contribution is 9.09. The number of halogens is 1. The Morgan fingerprint density at radius 2 is 2.06 bits per heavy atom. The third kappa shape index (κ3) is 3.73. The zero-order chi connectivity index (χ0) is 24.0. The van der Waals surface area contributed by atoms with Gasteiger partial charge in [0.15, 0.2) is 0 Å². The minimum absolute atomic E-state index is 0.129. The summed E-state index contributed by atoms with van der Waals surface area (Å²) in [7, 11) is 0. The first-order valence-corrected chi connectivity index (χ1v) is 12.8. The summed E-state index contributed by atoms with van der Waals surface area (Å²) in [4.78, 5) is 30.5. The Hall–Kier alpha value is -2.71. The smallest absolute Gasteiger partial charge is 0.309 e. The fraction of sp³-hybridized carbons (Fsp3) is 0.423. The Kier molecular flexibility index (Phi) is 5.98. The van der Waals surface area contributed by atoms with Crippen LogP contribution in [-0.4, -0.2) is 32.6 Å². The van der Waals surface area contributed by atoms with E-state index in [1.807, 2.05) is 31.2 Å². The van der Waals surface area contributed by atoms with Crippen molar-refractivity contribution in [3.8, 4) is 17.1 Å². The number of aryl methyl sites for hydroxylation is 1. The number of carbonyl (C=O) groups excluding carboxylic acids is 1. The average Bonchev–Trinajstić information content (AvgIpc) is 3.14. The average molecular weight is 527 g/mol. The van der Waals surface area contributed by atoms with Crippen molar-refractivity contribution in [1.29, 1.82) is 0 Å². The van der Waals surface area contributed by atoms with Gasteiger partial charge in [0.05, 0.1) is 42.0 Å². The maximum absolute atomic E-state index is 13.5. The number of esters is 1. The summed E-state index contributed by atoms with van der Waals surface area (Å²) >= 11 is 3.44. The first kappa shape index (κ1) is 23.1. The van der Waals surface area contributed by atoms with Gasteiger partial charge in [-0.05, 0) is 61.6 Å². The highest BCUT2D eigenvalue weighted by atomic mass is 79.9. The van der Waals surface area contributed by atoms with Gasteiger partial charge in [0, 0.05) is 16.3 Å². The highest BCUT2D eigenvalue weighted by Crippen LogP contribution is 2.40. The van der Waals surface area contributed by atoms with Gasteiger partial charge in [-0.2, -0.15) is 0 Å². The molecule has 1 atom stereocenters. The second-order valence-corrected chi connectivity index (χ2v) is 9.82. The first-order chi connectivity index (χ1) is 16.4. The number of unbranched alkanes of at least 4 members (excludes halogenated alkanes) is 1. The fourth-order valence-corrected chi connectivity index (χ4v) is 5.33. The van der Waals surface area contributed by atoms with Crippen LogP contribution in [0.3, 0.4) is 0 Å². The van der Waals surface area contributed by atoms with Crippen LogP contribution in [-0.2, 0) is 28.3 Å². The van der Waals surface area contributed by atoms with Crippen molar-refractivity contribution in [3.63, 3.8) is 0 Å². The number of fused-ring (bicyclic) bond motifs is 5. The number of cyclic esters (lactones) is 1. The Morgan fingerprint density at radius 1 is 1.24 bits per heavy atom. The van der Waals surface area contributed by atoms with Gasteiger partial charge in [-0.3, -0.25) is 9.59 Å². The van der Waals surface area contributed by atoms with Crippen LogP contribution in [0.25, 0.3) is 22.3 Å². The van der Waals surface area contributed by atoms with E-state index in [0.717, 1.165) is 51.6 Å². The molecule has 0 saturated heterocycles. The number of pyridine rings is 2. The Labute approximate surface area is 205 Å². The van der Waals surface area contributed by atoms with Crippen molar-refractivity contribution in [3.05, 3.63) is 56.9 Å². The van der Waals surface area contributed by atoms with Crippen molar-refractivity contribution in [2.24, 2.45) is 0 Å². The minimum atomic E-state index is -1.44. The predicted molar refractivity (Wildman–Crippen MR) is 132 cm³/mol. The van der Waals surface area contributed by atoms with E-state index < -0.39 is 11.6 Å².